The molecule has 0 bridgehead atoms. The molecular weight excluding hydrogens is 252 g/mol. The Balaban J connectivity index is 1.78. The monoisotopic (exact) mass is 278 g/mol. The number of hydrogen-bond donors (Lipinski definition) is 2. The minimum absolute atomic E-state index is 0.489. The van der Waals surface area contributed by atoms with Crippen molar-refractivity contribution >= 4 is 12.3 Å². The molecule has 0 spiro atoms. The Morgan fingerprint density at radius 3 is 2.35 bits per heavy atom. The molecule has 0 aliphatic carbocycles. The van der Waals surface area contributed by atoms with Crippen molar-refractivity contribution in [2.45, 2.75) is 44.3 Å². The molecule has 3 aliphatic rings. The van der Waals surface area contributed by atoms with E-state index in [9.17, 15) is 0 Å². The van der Waals surface area contributed by atoms with Gasteiger partial charge in [0.1, 0.15) is 0 Å². The first-order chi connectivity index (χ1) is 9.78. The van der Waals surface area contributed by atoms with Gasteiger partial charge in [-0.15, -0.1) is 0 Å². The van der Waals surface area contributed by atoms with E-state index in [1.54, 1.807) is 6.34 Å². The number of nitrogens with zero attached hydrogens (tertiary/aromatic N) is 4. The van der Waals surface area contributed by atoms with Crippen LogP contribution in [0.5, 0.6) is 0 Å². The highest BCUT2D eigenvalue weighted by atomic mass is 15.5. The zero-order valence-electron chi connectivity index (χ0n) is 12.2. The number of rotatable bonds is 3. The summed E-state index contributed by atoms with van der Waals surface area (Å²) in [4.78, 5) is 14.3. The number of nitrogens with one attached hydrogen (secondary N) is 1. The van der Waals surface area contributed by atoms with Crippen molar-refractivity contribution in [1.29, 1.82) is 0 Å². The van der Waals surface area contributed by atoms with Gasteiger partial charge in [-0.3, -0.25) is 9.80 Å². The van der Waals surface area contributed by atoms with Crippen LogP contribution in [0.2, 0.25) is 0 Å². The summed E-state index contributed by atoms with van der Waals surface area (Å²) in [7, 11) is 0. The number of nitrogens with two attached hydrogens (primary N) is 1. The van der Waals surface area contributed by atoms with Gasteiger partial charge in [0.15, 0.2) is 5.96 Å². The van der Waals surface area contributed by atoms with Crippen LogP contribution in [0, 0.1) is 0 Å². The number of likely N-dealkylation sites (tertiary alicyclic amines) is 2. The number of guanidine groups is 1. The lowest BCUT2D eigenvalue weighted by molar-refractivity contribution is 0.0369. The molecule has 3 heterocycles. The summed E-state index contributed by atoms with van der Waals surface area (Å²) in [6.07, 6.45) is 9.44. The summed E-state index contributed by atoms with van der Waals surface area (Å²) >= 11 is 0. The van der Waals surface area contributed by atoms with Crippen LogP contribution in [0.3, 0.4) is 0 Å². The van der Waals surface area contributed by atoms with Gasteiger partial charge in [-0.05, 0) is 38.8 Å². The van der Waals surface area contributed by atoms with Gasteiger partial charge in [-0.25, -0.2) is 9.98 Å². The highest BCUT2D eigenvalue weighted by Gasteiger charge is 2.40. The summed E-state index contributed by atoms with van der Waals surface area (Å²) in [6, 6.07) is 0. The van der Waals surface area contributed by atoms with Gasteiger partial charge in [-0.1, -0.05) is 12.8 Å². The third-order valence-electron chi connectivity index (χ3n) is 4.53. The fourth-order valence-corrected chi connectivity index (χ4v) is 3.45. The molecule has 0 aromatic carbocycles. The molecule has 3 aliphatic heterocycles. The molecule has 0 aromatic rings. The summed E-state index contributed by atoms with van der Waals surface area (Å²) in [5.74, 6) is -0.00446. The maximum absolute atomic E-state index is 5.92. The van der Waals surface area contributed by atoms with Crippen molar-refractivity contribution < 1.29 is 0 Å². The lowest BCUT2D eigenvalue weighted by Gasteiger charge is -2.44. The molecule has 0 amide bonds. The quantitative estimate of drug-likeness (QED) is 0.791. The molecule has 0 aromatic heterocycles. The van der Waals surface area contributed by atoms with E-state index in [0.29, 0.717) is 5.96 Å². The van der Waals surface area contributed by atoms with Crippen molar-refractivity contribution in [3.8, 4) is 0 Å². The Morgan fingerprint density at radius 1 is 1.05 bits per heavy atom. The Hall–Kier alpha value is -1.14. The highest BCUT2D eigenvalue weighted by molar-refractivity contribution is 5.90. The second-order valence-electron chi connectivity index (χ2n) is 6.06. The first kappa shape index (κ1) is 13.8. The van der Waals surface area contributed by atoms with Gasteiger partial charge in [0.05, 0.1) is 12.9 Å². The zero-order chi connectivity index (χ0) is 13.8. The fraction of sp³-hybridized carbons (Fsp3) is 0.857. The standard InChI is InChI=1S/C14H26N6/c15-13-16-12-17-14(18-13,20-9-5-2-6-10-20)11-19-7-3-1-4-8-19/h12H,1-11H2,(H3,15,16,17,18). The van der Waals surface area contributed by atoms with E-state index in [4.69, 9.17) is 15.7 Å². The minimum atomic E-state index is -0.493. The van der Waals surface area contributed by atoms with E-state index in [1.165, 1.54) is 38.5 Å². The number of piperidine rings is 2. The highest BCUT2D eigenvalue weighted by Crippen LogP contribution is 2.27. The van der Waals surface area contributed by atoms with Gasteiger partial charge in [0.2, 0.25) is 5.79 Å². The molecule has 1 atom stereocenters. The van der Waals surface area contributed by atoms with Crippen LogP contribution < -0.4 is 11.1 Å². The van der Waals surface area contributed by atoms with Crippen LogP contribution in [-0.4, -0.2) is 60.6 Å². The Kier molecular flexibility index (Phi) is 4.21. The average Bonchev–Trinajstić information content (AvgIpc) is 2.49. The number of aliphatic imine (C=N–C) groups is 2. The summed E-state index contributed by atoms with van der Waals surface area (Å²) in [5, 5.41) is 2.90. The summed E-state index contributed by atoms with van der Waals surface area (Å²) in [6.45, 7) is 5.33. The molecule has 6 heteroatoms. The van der Waals surface area contributed by atoms with E-state index in [2.05, 4.69) is 15.1 Å². The maximum Gasteiger partial charge on any atom is 0.225 e. The van der Waals surface area contributed by atoms with Gasteiger partial charge >= 0.3 is 0 Å². The van der Waals surface area contributed by atoms with Crippen molar-refractivity contribution in [2.75, 3.05) is 32.7 Å². The molecule has 0 radical (unpaired) electrons. The van der Waals surface area contributed by atoms with Crippen molar-refractivity contribution in [2.24, 2.45) is 15.7 Å². The predicted octanol–water partition coefficient (Wildman–Crippen LogP) is 0.558. The van der Waals surface area contributed by atoms with Crippen molar-refractivity contribution in [3.05, 3.63) is 0 Å². The van der Waals surface area contributed by atoms with Crippen LogP contribution in [0.4, 0.5) is 0 Å². The largest absolute Gasteiger partial charge is 0.370 e. The molecule has 6 nitrogen and oxygen atoms in total. The van der Waals surface area contributed by atoms with E-state index in [-0.39, 0.29) is 0 Å². The minimum Gasteiger partial charge on any atom is -0.370 e. The molecule has 1 unspecified atom stereocenters. The Morgan fingerprint density at radius 2 is 1.70 bits per heavy atom. The number of hydrogen-bond acceptors (Lipinski definition) is 6. The van der Waals surface area contributed by atoms with Gasteiger partial charge in [0.25, 0.3) is 0 Å². The van der Waals surface area contributed by atoms with Gasteiger partial charge < -0.3 is 11.1 Å². The Labute approximate surface area is 121 Å². The van der Waals surface area contributed by atoms with Gasteiger partial charge in [-0.2, -0.15) is 0 Å². The first-order valence-electron chi connectivity index (χ1n) is 7.91. The first-order valence-corrected chi connectivity index (χ1v) is 7.91. The molecule has 3 rings (SSSR count). The molecule has 2 saturated heterocycles. The smallest absolute Gasteiger partial charge is 0.225 e. The second-order valence-corrected chi connectivity index (χ2v) is 6.06. The van der Waals surface area contributed by atoms with Crippen molar-refractivity contribution in [3.63, 3.8) is 0 Å². The van der Waals surface area contributed by atoms with E-state index in [0.717, 1.165) is 32.7 Å². The third kappa shape index (κ3) is 2.96. The SMILES string of the molecule is NC1=NC(CN2CCCCC2)(N2CCCCC2)N=CN1. The van der Waals surface area contributed by atoms with E-state index in [1.807, 2.05) is 0 Å². The molecular formula is C14H26N6. The summed E-state index contributed by atoms with van der Waals surface area (Å²) < 4.78 is 0. The Bertz CT molecular complexity index is 381. The normalized spacial score (nSPS) is 32.7. The zero-order valence-corrected chi connectivity index (χ0v) is 12.2. The van der Waals surface area contributed by atoms with E-state index >= 15 is 0 Å². The third-order valence-corrected chi connectivity index (χ3v) is 4.53. The van der Waals surface area contributed by atoms with E-state index < -0.39 is 5.79 Å². The van der Waals surface area contributed by atoms with Crippen LogP contribution in [0.1, 0.15) is 38.5 Å². The summed E-state index contributed by atoms with van der Waals surface area (Å²) in [5.41, 5.74) is 5.92. The second kappa shape index (κ2) is 6.10. The fourth-order valence-electron chi connectivity index (χ4n) is 3.45. The molecule has 2 fully saturated rings. The molecule has 0 saturated carbocycles. The molecule has 112 valence electrons. The van der Waals surface area contributed by atoms with Crippen molar-refractivity contribution in [1.82, 2.24) is 15.1 Å². The predicted molar refractivity (Wildman–Crippen MR) is 81.7 cm³/mol. The molecule has 3 N–H and O–H groups in total. The molecule has 20 heavy (non-hydrogen) atoms. The average molecular weight is 278 g/mol. The van der Waals surface area contributed by atoms with Crippen LogP contribution in [0.15, 0.2) is 9.98 Å². The van der Waals surface area contributed by atoms with Gasteiger partial charge in [0, 0.05) is 13.1 Å². The topological polar surface area (TPSA) is 69.2 Å². The van der Waals surface area contributed by atoms with Crippen LogP contribution in [0.25, 0.3) is 0 Å². The van der Waals surface area contributed by atoms with Crippen LogP contribution in [-0.2, 0) is 0 Å². The maximum atomic E-state index is 5.92. The lowest BCUT2D eigenvalue weighted by atomic mass is 10.1. The lowest BCUT2D eigenvalue weighted by Crippen LogP contribution is -2.59. The van der Waals surface area contributed by atoms with Crippen LogP contribution >= 0.6 is 0 Å².